The summed E-state index contributed by atoms with van der Waals surface area (Å²) in [7, 11) is 8.72. The number of benzene rings is 2. The zero-order valence-electron chi connectivity index (χ0n) is 18.2. The summed E-state index contributed by atoms with van der Waals surface area (Å²) in [5.74, 6) is 1.01. The van der Waals surface area contributed by atoms with Gasteiger partial charge in [-0.25, -0.2) is 0 Å². The average molecular weight is 409 g/mol. The van der Waals surface area contributed by atoms with Crippen LogP contribution < -0.4 is 19.1 Å². The van der Waals surface area contributed by atoms with E-state index in [4.69, 9.17) is 14.2 Å². The highest BCUT2D eigenvalue weighted by Crippen LogP contribution is 2.46. The maximum absolute atomic E-state index is 11.5. The normalized spacial score (nSPS) is 14.0. The molecule has 1 N–H and O–H groups in total. The predicted octanol–water partition coefficient (Wildman–Crippen LogP) is 4.58. The van der Waals surface area contributed by atoms with Gasteiger partial charge in [-0.05, 0) is 53.0 Å². The molecule has 0 atom stereocenters. The van der Waals surface area contributed by atoms with Crippen molar-refractivity contribution >= 4 is 28.9 Å². The zero-order chi connectivity index (χ0) is 22.0. The van der Waals surface area contributed by atoms with Crippen molar-refractivity contribution in [1.29, 1.82) is 0 Å². The number of fused-ring (bicyclic) bond motifs is 1. The minimum atomic E-state index is -0.855. The van der Waals surface area contributed by atoms with E-state index in [1.165, 1.54) is 0 Å². The highest BCUT2D eigenvalue weighted by Gasteiger charge is 2.26. The van der Waals surface area contributed by atoms with E-state index >= 15 is 0 Å². The van der Waals surface area contributed by atoms with Gasteiger partial charge in [0.2, 0.25) is 0 Å². The third-order valence-corrected chi connectivity index (χ3v) is 5.36. The van der Waals surface area contributed by atoms with Crippen LogP contribution in [0.25, 0.3) is 17.2 Å². The zero-order valence-corrected chi connectivity index (χ0v) is 18.2. The molecular formula is C24H27NO5. The molecule has 0 heterocycles. The summed E-state index contributed by atoms with van der Waals surface area (Å²) in [6.07, 6.45) is 1.96. The molecule has 1 aliphatic carbocycles. The Kier molecular flexibility index (Phi) is 6.06. The van der Waals surface area contributed by atoms with E-state index in [1.807, 2.05) is 50.2 Å². The number of hydrogen-bond acceptors (Lipinski definition) is 5. The third kappa shape index (κ3) is 3.85. The van der Waals surface area contributed by atoms with Gasteiger partial charge in [0.15, 0.2) is 0 Å². The number of rotatable bonds is 7. The van der Waals surface area contributed by atoms with Crippen molar-refractivity contribution in [2.75, 3.05) is 40.3 Å². The molecule has 0 amide bonds. The van der Waals surface area contributed by atoms with Gasteiger partial charge in [0.1, 0.15) is 17.2 Å². The molecule has 0 saturated carbocycles. The number of nitrogens with zero attached hydrogens (tertiary/aromatic N) is 1. The quantitative estimate of drug-likeness (QED) is 0.722. The summed E-state index contributed by atoms with van der Waals surface area (Å²) in [6.45, 7) is 1.96. The molecule has 0 spiro atoms. The number of anilines is 1. The van der Waals surface area contributed by atoms with Crippen LogP contribution in [-0.2, 0) is 4.79 Å². The Morgan fingerprint density at radius 3 is 2.13 bits per heavy atom. The fourth-order valence-electron chi connectivity index (χ4n) is 3.75. The van der Waals surface area contributed by atoms with Crippen LogP contribution in [-0.4, -0.2) is 46.5 Å². The standard InChI is InChI=1S/C24H27NO5/c1-14-18(12-21-22(29-5)10-16(28-4)11-23(21)30-6)17-8-7-15(25(2)3)9-20(17)19(14)13-24(26)27/h7-12H,13H2,1-6H3,(H,26,27)/b18-12+. The molecule has 0 fully saturated rings. The molecule has 0 radical (unpaired) electrons. The van der Waals surface area contributed by atoms with Crippen molar-refractivity contribution < 1.29 is 24.1 Å². The number of carboxylic acid groups (broad SMARTS) is 1. The number of ether oxygens (including phenoxy) is 3. The van der Waals surface area contributed by atoms with Crippen LogP contribution in [0.3, 0.4) is 0 Å². The first-order chi connectivity index (χ1) is 14.3. The second kappa shape index (κ2) is 8.53. The second-order valence-corrected chi connectivity index (χ2v) is 7.30. The molecular weight excluding hydrogens is 382 g/mol. The predicted molar refractivity (Wildman–Crippen MR) is 120 cm³/mol. The van der Waals surface area contributed by atoms with Crippen LogP contribution in [0.5, 0.6) is 17.2 Å². The van der Waals surface area contributed by atoms with E-state index in [0.29, 0.717) is 17.2 Å². The summed E-state index contributed by atoms with van der Waals surface area (Å²) >= 11 is 0. The van der Waals surface area contributed by atoms with E-state index < -0.39 is 5.97 Å². The number of carboxylic acids is 1. The minimum absolute atomic E-state index is 0.0378. The van der Waals surface area contributed by atoms with Crippen LogP contribution in [0.4, 0.5) is 5.69 Å². The lowest BCUT2D eigenvalue weighted by Gasteiger charge is -2.15. The molecule has 1 aliphatic rings. The maximum Gasteiger partial charge on any atom is 0.307 e. The molecule has 0 aliphatic heterocycles. The van der Waals surface area contributed by atoms with Crippen molar-refractivity contribution in [2.24, 2.45) is 0 Å². The number of aliphatic carboxylic acids is 1. The van der Waals surface area contributed by atoms with Crippen molar-refractivity contribution in [2.45, 2.75) is 13.3 Å². The molecule has 158 valence electrons. The van der Waals surface area contributed by atoms with Gasteiger partial charge in [-0.1, -0.05) is 6.07 Å². The third-order valence-electron chi connectivity index (χ3n) is 5.36. The van der Waals surface area contributed by atoms with Crippen LogP contribution in [0.1, 0.15) is 30.0 Å². The number of carbonyl (C=O) groups is 1. The van der Waals surface area contributed by atoms with Gasteiger partial charge in [0, 0.05) is 31.9 Å². The van der Waals surface area contributed by atoms with Gasteiger partial charge in [0.05, 0.1) is 33.3 Å². The molecule has 2 aromatic carbocycles. The molecule has 0 aromatic heterocycles. The molecule has 30 heavy (non-hydrogen) atoms. The van der Waals surface area contributed by atoms with Gasteiger partial charge in [-0.2, -0.15) is 0 Å². The Labute approximate surface area is 177 Å². The van der Waals surface area contributed by atoms with Crippen LogP contribution in [0.15, 0.2) is 35.9 Å². The lowest BCUT2D eigenvalue weighted by molar-refractivity contribution is -0.135. The Hall–Kier alpha value is -3.41. The molecule has 6 nitrogen and oxygen atoms in total. The van der Waals surface area contributed by atoms with Crippen LogP contribution in [0.2, 0.25) is 0 Å². The van der Waals surface area contributed by atoms with Crippen molar-refractivity contribution in [3.63, 3.8) is 0 Å². The van der Waals surface area contributed by atoms with Crippen LogP contribution in [0, 0.1) is 0 Å². The molecule has 0 bridgehead atoms. The van der Waals surface area contributed by atoms with Gasteiger partial charge in [0.25, 0.3) is 0 Å². The Morgan fingerprint density at radius 1 is 1.00 bits per heavy atom. The van der Waals surface area contributed by atoms with E-state index in [-0.39, 0.29) is 6.42 Å². The summed E-state index contributed by atoms with van der Waals surface area (Å²) < 4.78 is 16.5. The monoisotopic (exact) mass is 409 g/mol. The van der Waals surface area contributed by atoms with Crippen molar-refractivity contribution in [1.82, 2.24) is 0 Å². The van der Waals surface area contributed by atoms with Crippen LogP contribution >= 0.6 is 0 Å². The first-order valence-electron chi connectivity index (χ1n) is 9.56. The largest absolute Gasteiger partial charge is 0.496 e. The SMILES string of the molecule is COc1cc(OC)c(/C=C2\C(C)=C(CC(=O)O)c3cc(N(C)C)ccc32)c(OC)c1. The lowest BCUT2D eigenvalue weighted by atomic mass is 9.99. The van der Waals surface area contributed by atoms with E-state index in [2.05, 4.69) is 0 Å². The highest BCUT2D eigenvalue weighted by atomic mass is 16.5. The number of methoxy groups -OCH3 is 3. The Morgan fingerprint density at radius 2 is 1.63 bits per heavy atom. The van der Waals surface area contributed by atoms with E-state index in [1.54, 1.807) is 33.5 Å². The fraction of sp³-hybridized carbons (Fsp3) is 0.292. The number of hydrogen-bond donors (Lipinski definition) is 1. The smallest absolute Gasteiger partial charge is 0.307 e. The first-order valence-corrected chi connectivity index (χ1v) is 9.56. The fourth-order valence-corrected chi connectivity index (χ4v) is 3.75. The van der Waals surface area contributed by atoms with Gasteiger partial charge in [-0.15, -0.1) is 0 Å². The highest BCUT2D eigenvalue weighted by molar-refractivity contribution is 6.08. The topological polar surface area (TPSA) is 68.2 Å². The van der Waals surface area contributed by atoms with Crippen molar-refractivity contribution in [3.8, 4) is 17.2 Å². The maximum atomic E-state index is 11.5. The van der Waals surface area contributed by atoms with Gasteiger partial charge in [-0.3, -0.25) is 4.79 Å². The van der Waals surface area contributed by atoms with Gasteiger partial charge >= 0.3 is 5.97 Å². The Bertz CT molecular complexity index is 1020. The molecule has 3 rings (SSSR count). The molecule has 6 heteroatoms. The first kappa shape index (κ1) is 21.3. The molecule has 0 saturated heterocycles. The summed E-state index contributed by atoms with van der Waals surface area (Å²) in [5, 5.41) is 9.48. The Balaban J connectivity index is 2.26. The minimum Gasteiger partial charge on any atom is -0.496 e. The van der Waals surface area contributed by atoms with Crippen molar-refractivity contribution in [3.05, 3.63) is 52.6 Å². The molecule has 0 unspecified atom stereocenters. The molecule has 2 aromatic rings. The summed E-state index contributed by atoms with van der Waals surface area (Å²) in [4.78, 5) is 13.6. The van der Waals surface area contributed by atoms with Gasteiger partial charge < -0.3 is 24.2 Å². The second-order valence-electron chi connectivity index (χ2n) is 7.30. The van der Waals surface area contributed by atoms with E-state index in [9.17, 15) is 9.90 Å². The average Bonchev–Trinajstić information content (AvgIpc) is 2.98. The summed E-state index contributed by atoms with van der Waals surface area (Å²) in [6, 6.07) is 9.72. The van der Waals surface area contributed by atoms with E-state index in [0.717, 1.165) is 39.1 Å². The summed E-state index contributed by atoms with van der Waals surface area (Å²) in [5.41, 5.74) is 6.43. The lowest BCUT2D eigenvalue weighted by Crippen LogP contribution is -2.09. The number of allylic oxidation sites excluding steroid dienone is 2.